The van der Waals surface area contributed by atoms with Crippen molar-refractivity contribution in [2.75, 3.05) is 18.4 Å². The second-order valence-corrected chi connectivity index (χ2v) is 4.40. The van der Waals surface area contributed by atoms with Crippen molar-refractivity contribution in [1.82, 2.24) is 5.32 Å². The average molecular weight is 218 g/mol. The number of piperidine rings is 1. The Morgan fingerprint density at radius 3 is 3.06 bits per heavy atom. The highest BCUT2D eigenvalue weighted by atomic mass is 16.1. The molecule has 2 rings (SSSR count). The van der Waals surface area contributed by atoms with Gasteiger partial charge in [-0.3, -0.25) is 4.79 Å². The molecule has 2 N–H and O–H groups in total. The van der Waals surface area contributed by atoms with E-state index in [1.165, 1.54) is 5.56 Å². The van der Waals surface area contributed by atoms with E-state index < -0.39 is 0 Å². The van der Waals surface area contributed by atoms with E-state index in [1.54, 1.807) is 0 Å². The average Bonchev–Trinajstić information content (AvgIpc) is 2.30. The number of anilines is 1. The molecule has 0 aliphatic carbocycles. The molecular formula is C13H18N2O. The highest BCUT2D eigenvalue weighted by Gasteiger charge is 2.20. The summed E-state index contributed by atoms with van der Waals surface area (Å²) in [6, 6.07) is 7.91. The number of benzene rings is 1. The molecule has 1 aliphatic heterocycles. The smallest absolute Gasteiger partial charge is 0.228 e. The van der Waals surface area contributed by atoms with E-state index in [9.17, 15) is 4.79 Å². The zero-order chi connectivity index (χ0) is 11.4. The van der Waals surface area contributed by atoms with Crippen molar-refractivity contribution in [2.45, 2.75) is 19.8 Å². The number of hydrogen-bond acceptors (Lipinski definition) is 2. The molecule has 3 nitrogen and oxygen atoms in total. The molecule has 0 spiro atoms. The fourth-order valence-electron chi connectivity index (χ4n) is 2.04. The van der Waals surface area contributed by atoms with Gasteiger partial charge in [0, 0.05) is 12.2 Å². The number of carbonyl (C=O) groups excluding carboxylic acids is 1. The number of hydrogen-bond donors (Lipinski definition) is 2. The molecule has 0 unspecified atom stereocenters. The van der Waals surface area contributed by atoms with Crippen LogP contribution in [0.2, 0.25) is 0 Å². The van der Waals surface area contributed by atoms with Gasteiger partial charge < -0.3 is 10.6 Å². The Labute approximate surface area is 96.2 Å². The summed E-state index contributed by atoms with van der Waals surface area (Å²) in [4.78, 5) is 11.9. The van der Waals surface area contributed by atoms with Crippen molar-refractivity contribution in [3.05, 3.63) is 29.8 Å². The van der Waals surface area contributed by atoms with Crippen LogP contribution in [0.15, 0.2) is 24.3 Å². The topological polar surface area (TPSA) is 41.1 Å². The van der Waals surface area contributed by atoms with Crippen LogP contribution in [0.4, 0.5) is 5.69 Å². The number of aryl methyl sites for hydroxylation is 1. The third-order valence-corrected chi connectivity index (χ3v) is 2.95. The molecular weight excluding hydrogens is 200 g/mol. The Morgan fingerprint density at radius 1 is 1.50 bits per heavy atom. The number of rotatable bonds is 2. The van der Waals surface area contributed by atoms with Gasteiger partial charge in [0.25, 0.3) is 0 Å². The van der Waals surface area contributed by atoms with Crippen molar-refractivity contribution in [3.63, 3.8) is 0 Å². The summed E-state index contributed by atoms with van der Waals surface area (Å²) in [7, 11) is 0. The first-order valence-electron chi connectivity index (χ1n) is 5.84. The van der Waals surface area contributed by atoms with Gasteiger partial charge in [-0.1, -0.05) is 12.1 Å². The third-order valence-electron chi connectivity index (χ3n) is 2.95. The quantitative estimate of drug-likeness (QED) is 0.796. The summed E-state index contributed by atoms with van der Waals surface area (Å²) >= 11 is 0. The van der Waals surface area contributed by atoms with Gasteiger partial charge in [-0.15, -0.1) is 0 Å². The highest BCUT2D eigenvalue weighted by molar-refractivity contribution is 5.92. The lowest BCUT2D eigenvalue weighted by molar-refractivity contribution is -0.120. The lowest BCUT2D eigenvalue weighted by atomic mass is 9.99. The van der Waals surface area contributed by atoms with Gasteiger partial charge in [0.15, 0.2) is 0 Å². The predicted octanol–water partition coefficient (Wildman–Crippen LogP) is 1.93. The molecule has 0 aromatic heterocycles. The highest BCUT2D eigenvalue weighted by Crippen LogP contribution is 2.15. The van der Waals surface area contributed by atoms with Crippen LogP contribution in [0.25, 0.3) is 0 Å². The summed E-state index contributed by atoms with van der Waals surface area (Å²) in [6.07, 6.45) is 2.08. The molecule has 86 valence electrons. The van der Waals surface area contributed by atoms with Crippen molar-refractivity contribution in [1.29, 1.82) is 0 Å². The molecule has 0 bridgehead atoms. The Morgan fingerprint density at radius 2 is 2.38 bits per heavy atom. The van der Waals surface area contributed by atoms with Crippen molar-refractivity contribution >= 4 is 11.6 Å². The van der Waals surface area contributed by atoms with Crippen LogP contribution in [0.3, 0.4) is 0 Å². The van der Waals surface area contributed by atoms with Crippen molar-refractivity contribution in [2.24, 2.45) is 5.92 Å². The fourth-order valence-corrected chi connectivity index (χ4v) is 2.04. The number of nitrogens with one attached hydrogen (secondary N) is 2. The Bertz CT molecular complexity index is 370. The summed E-state index contributed by atoms with van der Waals surface area (Å²) in [5.74, 6) is 0.257. The van der Waals surface area contributed by atoms with E-state index >= 15 is 0 Å². The first kappa shape index (κ1) is 11.1. The molecule has 0 radical (unpaired) electrons. The van der Waals surface area contributed by atoms with Crippen LogP contribution in [0.5, 0.6) is 0 Å². The molecule has 16 heavy (non-hydrogen) atoms. The standard InChI is InChI=1S/C13H18N2O/c1-10-4-2-6-12(8-10)15-13(16)11-5-3-7-14-9-11/h2,4,6,8,11,14H,3,5,7,9H2,1H3,(H,15,16)/t11-/m0/s1. The first-order valence-corrected chi connectivity index (χ1v) is 5.84. The van der Waals surface area contributed by atoms with Gasteiger partial charge in [0.1, 0.15) is 0 Å². The maximum atomic E-state index is 11.9. The minimum atomic E-state index is 0.120. The first-order chi connectivity index (χ1) is 7.75. The lowest BCUT2D eigenvalue weighted by Gasteiger charge is -2.21. The summed E-state index contributed by atoms with van der Waals surface area (Å²) in [6.45, 7) is 3.86. The lowest BCUT2D eigenvalue weighted by Crippen LogP contribution is -2.37. The van der Waals surface area contributed by atoms with Crippen LogP contribution in [-0.4, -0.2) is 19.0 Å². The maximum absolute atomic E-state index is 11.9. The van der Waals surface area contributed by atoms with E-state index in [4.69, 9.17) is 0 Å². The van der Waals surface area contributed by atoms with Crippen LogP contribution in [0.1, 0.15) is 18.4 Å². The number of carbonyl (C=O) groups is 1. The van der Waals surface area contributed by atoms with Crippen LogP contribution in [0, 0.1) is 12.8 Å². The predicted molar refractivity (Wildman–Crippen MR) is 65.4 cm³/mol. The van der Waals surface area contributed by atoms with Gasteiger partial charge >= 0.3 is 0 Å². The van der Waals surface area contributed by atoms with Crippen LogP contribution < -0.4 is 10.6 Å². The normalized spacial score (nSPS) is 20.4. The van der Waals surface area contributed by atoms with E-state index in [2.05, 4.69) is 10.6 Å². The van der Waals surface area contributed by atoms with Gasteiger partial charge in [0.05, 0.1) is 5.92 Å². The van der Waals surface area contributed by atoms with Gasteiger partial charge in [0.2, 0.25) is 5.91 Å². The maximum Gasteiger partial charge on any atom is 0.228 e. The fraction of sp³-hybridized carbons (Fsp3) is 0.462. The third kappa shape index (κ3) is 2.83. The Balaban J connectivity index is 1.96. The SMILES string of the molecule is Cc1cccc(NC(=O)[C@H]2CCCNC2)c1. The Hall–Kier alpha value is -1.35. The minimum absolute atomic E-state index is 0.120. The van der Waals surface area contributed by atoms with Crippen LogP contribution >= 0.6 is 0 Å². The van der Waals surface area contributed by atoms with E-state index in [0.717, 1.165) is 31.6 Å². The van der Waals surface area contributed by atoms with E-state index in [0.29, 0.717) is 0 Å². The van der Waals surface area contributed by atoms with Gasteiger partial charge in [-0.25, -0.2) is 0 Å². The van der Waals surface area contributed by atoms with E-state index in [1.807, 2.05) is 31.2 Å². The Kier molecular flexibility index (Phi) is 3.57. The molecule has 3 heteroatoms. The second-order valence-electron chi connectivity index (χ2n) is 4.40. The van der Waals surface area contributed by atoms with Crippen molar-refractivity contribution in [3.8, 4) is 0 Å². The molecule has 1 aromatic rings. The summed E-state index contributed by atoms with van der Waals surface area (Å²) in [5.41, 5.74) is 2.06. The molecule has 1 fully saturated rings. The second kappa shape index (κ2) is 5.12. The zero-order valence-electron chi connectivity index (χ0n) is 9.62. The van der Waals surface area contributed by atoms with Gasteiger partial charge in [-0.2, -0.15) is 0 Å². The zero-order valence-corrected chi connectivity index (χ0v) is 9.62. The van der Waals surface area contributed by atoms with Crippen LogP contribution in [-0.2, 0) is 4.79 Å². The van der Waals surface area contributed by atoms with Crippen molar-refractivity contribution < 1.29 is 4.79 Å². The molecule has 1 atom stereocenters. The molecule has 1 aromatic carbocycles. The molecule has 1 saturated heterocycles. The monoisotopic (exact) mass is 218 g/mol. The largest absolute Gasteiger partial charge is 0.326 e. The van der Waals surface area contributed by atoms with Gasteiger partial charge in [-0.05, 0) is 44.0 Å². The summed E-state index contributed by atoms with van der Waals surface area (Å²) < 4.78 is 0. The molecule has 0 saturated carbocycles. The minimum Gasteiger partial charge on any atom is -0.326 e. The number of amides is 1. The molecule has 1 amide bonds. The van der Waals surface area contributed by atoms with E-state index in [-0.39, 0.29) is 11.8 Å². The molecule has 1 heterocycles. The molecule has 1 aliphatic rings. The summed E-state index contributed by atoms with van der Waals surface area (Å²) in [5, 5.41) is 6.23.